The molecule has 1 saturated heterocycles. The molecule has 2 fully saturated rings. The van der Waals surface area contributed by atoms with Crippen LogP contribution in [0.1, 0.15) is 57.0 Å². The number of carbonyl (C=O) groups excluding carboxylic acids is 1. The fraction of sp³-hybridized carbons (Fsp3) is 0.700. The van der Waals surface area contributed by atoms with E-state index in [2.05, 4.69) is 35.0 Å². The van der Waals surface area contributed by atoms with E-state index in [0.717, 1.165) is 62.3 Å². The summed E-state index contributed by atoms with van der Waals surface area (Å²) in [5.74, 6) is 3.65. The lowest BCUT2D eigenvalue weighted by Gasteiger charge is -2.35. The van der Waals surface area contributed by atoms with Gasteiger partial charge in [-0.1, -0.05) is 32.6 Å². The number of amides is 1. The van der Waals surface area contributed by atoms with Crippen molar-refractivity contribution in [2.45, 2.75) is 58.8 Å². The van der Waals surface area contributed by atoms with Crippen LogP contribution in [0.25, 0.3) is 5.78 Å². The summed E-state index contributed by atoms with van der Waals surface area (Å²) < 4.78 is 2.02. The molecule has 2 aliphatic rings. The van der Waals surface area contributed by atoms with Gasteiger partial charge in [0, 0.05) is 50.8 Å². The van der Waals surface area contributed by atoms with Crippen molar-refractivity contribution in [3.05, 3.63) is 17.6 Å². The maximum atomic E-state index is 12.5. The Labute approximate surface area is 160 Å². The Bertz CT molecular complexity index is 802. The van der Waals surface area contributed by atoms with E-state index in [1.807, 2.05) is 9.30 Å². The molecule has 3 heterocycles. The number of aryl methyl sites for hydroxylation is 2. The van der Waals surface area contributed by atoms with E-state index in [4.69, 9.17) is 4.98 Å². The molecule has 1 saturated carbocycles. The van der Waals surface area contributed by atoms with Gasteiger partial charge in [0.2, 0.25) is 5.91 Å². The normalized spacial score (nSPS) is 18.6. The Hall–Kier alpha value is -2.18. The largest absolute Gasteiger partial charge is 0.353 e. The van der Waals surface area contributed by atoms with Crippen LogP contribution in [-0.2, 0) is 11.2 Å². The number of hydrogen-bond acceptors (Lipinski definition) is 5. The zero-order valence-electron chi connectivity index (χ0n) is 16.5. The second kappa shape index (κ2) is 7.82. The minimum atomic E-state index is 0.325. The number of rotatable bonds is 5. The summed E-state index contributed by atoms with van der Waals surface area (Å²) in [7, 11) is 0. The van der Waals surface area contributed by atoms with Gasteiger partial charge in [0.25, 0.3) is 5.78 Å². The van der Waals surface area contributed by atoms with Crippen LogP contribution >= 0.6 is 0 Å². The van der Waals surface area contributed by atoms with E-state index < -0.39 is 0 Å². The van der Waals surface area contributed by atoms with Gasteiger partial charge in [-0.3, -0.25) is 9.20 Å². The summed E-state index contributed by atoms with van der Waals surface area (Å²) in [6, 6.07) is 2.10. The molecule has 2 aromatic heterocycles. The SMILES string of the molecule is CCc1nnc2nc(N3CCN(C(=O)CCC4CCCC4)CC3)cc(C)n12. The number of carbonyl (C=O) groups is 1. The molecule has 0 radical (unpaired) electrons. The van der Waals surface area contributed by atoms with E-state index in [1.54, 1.807) is 0 Å². The van der Waals surface area contributed by atoms with Gasteiger partial charge in [-0.25, -0.2) is 0 Å². The van der Waals surface area contributed by atoms with Crippen LogP contribution in [0, 0.1) is 12.8 Å². The van der Waals surface area contributed by atoms with Crippen molar-refractivity contribution in [1.82, 2.24) is 24.5 Å². The summed E-state index contributed by atoms with van der Waals surface area (Å²) in [4.78, 5) is 21.5. The fourth-order valence-electron chi connectivity index (χ4n) is 4.49. The highest BCUT2D eigenvalue weighted by molar-refractivity contribution is 5.76. The molecule has 27 heavy (non-hydrogen) atoms. The predicted octanol–water partition coefficient (Wildman–Crippen LogP) is 2.61. The van der Waals surface area contributed by atoms with E-state index in [0.29, 0.717) is 18.1 Å². The van der Waals surface area contributed by atoms with Crippen molar-refractivity contribution >= 4 is 17.5 Å². The van der Waals surface area contributed by atoms with Crippen LogP contribution in [0.4, 0.5) is 5.82 Å². The smallest absolute Gasteiger partial charge is 0.257 e. The van der Waals surface area contributed by atoms with Crippen molar-refractivity contribution in [1.29, 1.82) is 0 Å². The number of piperazine rings is 1. The first-order valence-corrected chi connectivity index (χ1v) is 10.4. The lowest BCUT2D eigenvalue weighted by molar-refractivity contribution is -0.131. The van der Waals surface area contributed by atoms with Gasteiger partial charge in [-0.2, -0.15) is 4.98 Å². The monoisotopic (exact) mass is 370 g/mol. The maximum absolute atomic E-state index is 12.5. The van der Waals surface area contributed by atoms with E-state index in [-0.39, 0.29) is 0 Å². The van der Waals surface area contributed by atoms with Crippen LogP contribution in [0.5, 0.6) is 0 Å². The maximum Gasteiger partial charge on any atom is 0.257 e. The van der Waals surface area contributed by atoms with Gasteiger partial charge in [0.05, 0.1) is 0 Å². The third-order valence-corrected chi connectivity index (χ3v) is 6.13. The van der Waals surface area contributed by atoms with Gasteiger partial charge in [0.15, 0.2) is 0 Å². The summed E-state index contributed by atoms with van der Waals surface area (Å²) >= 11 is 0. The molecule has 7 nitrogen and oxygen atoms in total. The highest BCUT2D eigenvalue weighted by atomic mass is 16.2. The Balaban J connectivity index is 1.36. The first-order chi connectivity index (χ1) is 13.2. The molecule has 1 aliphatic heterocycles. The topological polar surface area (TPSA) is 66.6 Å². The second-order valence-corrected chi connectivity index (χ2v) is 7.92. The quantitative estimate of drug-likeness (QED) is 0.809. The van der Waals surface area contributed by atoms with Crippen molar-refractivity contribution in [2.75, 3.05) is 31.1 Å². The zero-order valence-corrected chi connectivity index (χ0v) is 16.5. The summed E-state index contributed by atoms with van der Waals surface area (Å²) in [5, 5.41) is 8.45. The minimum absolute atomic E-state index is 0.325. The third-order valence-electron chi connectivity index (χ3n) is 6.13. The van der Waals surface area contributed by atoms with Gasteiger partial charge < -0.3 is 9.80 Å². The molecule has 1 aliphatic carbocycles. The molecular weight excluding hydrogens is 340 g/mol. The van der Waals surface area contributed by atoms with Gasteiger partial charge in [-0.05, 0) is 19.3 Å². The van der Waals surface area contributed by atoms with Gasteiger partial charge >= 0.3 is 0 Å². The van der Waals surface area contributed by atoms with E-state index in [9.17, 15) is 4.79 Å². The van der Waals surface area contributed by atoms with Crippen molar-refractivity contribution in [3.63, 3.8) is 0 Å². The van der Waals surface area contributed by atoms with E-state index >= 15 is 0 Å². The van der Waals surface area contributed by atoms with Crippen LogP contribution in [0.3, 0.4) is 0 Å². The van der Waals surface area contributed by atoms with Crippen LogP contribution in [-0.4, -0.2) is 56.6 Å². The van der Waals surface area contributed by atoms with Crippen molar-refractivity contribution in [3.8, 4) is 0 Å². The van der Waals surface area contributed by atoms with Crippen molar-refractivity contribution in [2.24, 2.45) is 5.92 Å². The number of aromatic nitrogens is 4. The Morgan fingerprint density at radius 3 is 2.59 bits per heavy atom. The Morgan fingerprint density at radius 1 is 1.15 bits per heavy atom. The number of nitrogens with zero attached hydrogens (tertiary/aromatic N) is 6. The van der Waals surface area contributed by atoms with Crippen LogP contribution in [0.15, 0.2) is 6.07 Å². The average Bonchev–Trinajstić information content (AvgIpc) is 3.35. The predicted molar refractivity (Wildman–Crippen MR) is 105 cm³/mol. The average molecular weight is 371 g/mol. The van der Waals surface area contributed by atoms with Crippen LogP contribution < -0.4 is 4.90 Å². The molecule has 7 heteroatoms. The first kappa shape index (κ1) is 18.2. The third kappa shape index (κ3) is 3.77. The molecule has 0 N–H and O–H groups in total. The fourth-order valence-corrected chi connectivity index (χ4v) is 4.49. The lowest BCUT2D eigenvalue weighted by atomic mass is 10.0. The molecule has 2 aromatic rings. The first-order valence-electron chi connectivity index (χ1n) is 10.4. The Morgan fingerprint density at radius 2 is 1.89 bits per heavy atom. The molecule has 0 bridgehead atoms. The van der Waals surface area contributed by atoms with Gasteiger partial charge in [-0.15, -0.1) is 10.2 Å². The number of hydrogen-bond donors (Lipinski definition) is 0. The van der Waals surface area contributed by atoms with Crippen molar-refractivity contribution < 1.29 is 4.79 Å². The minimum Gasteiger partial charge on any atom is -0.353 e. The summed E-state index contributed by atoms with van der Waals surface area (Å²) in [6.45, 7) is 7.36. The highest BCUT2D eigenvalue weighted by Crippen LogP contribution is 2.29. The standard InChI is InChI=1S/C20H30N6O/c1-3-17-22-23-20-21-18(14-15(2)26(17)20)24-10-12-25(13-11-24)19(27)9-8-16-6-4-5-7-16/h14,16H,3-13H2,1-2H3. The molecular formula is C20H30N6O. The molecule has 0 spiro atoms. The number of anilines is 1. The zero-order chi connectivity index (χ0) is 18.8. The number of fused-ring (bicyclic) bond motifs is 1. The molecule has 146 valence electrons. The summed E-state index contributed by atoms with van der Waals surface area (Å²) in [5.41, 5.74) is 1.10. The van der Waals surface area contributed by atoms with Crippen LogP contribution in [0.2, 0.25) is 0 Å². The Kier molecular flexibility index (Phi) is 5.27. The highest BCUT2D eigenvalue weighted by Gasteiger charge is 2.24. The molecule has 0 unspecified atom stereocenters. The molecule has 0 aromatic carbocycles. The van der Waals surface area contributed by atoms with E-state index in [1.165, 1.54) is 25.7 Å². The molecule has 1 amide bonds. The van der Waals surface area contributed by atoms with Gasteiger partial charge in [0.1, 0.15) is 11.6 Å². The lowest BCUT2D eigenvalue weighted by Crippen LogP contribution is -2.49. The molecule has 0 atom stereocenters. The molecule has 4 rings (SSSR count). The summed E-state index contributed by atoms with van der Waals surface area (Å²) in [6.07, 6.45) is 7.95. The second-order valence-electron chi connectivity index (χ2n) is 7.92.